The molecule has 0 aromatic heterocycles. The average molecular weight is 196 g/mol. The van der Waals surface area contributed by atoms with Gasteiger partial charge in [0.05, 0.1) is 19.3 Å². The van der Waals surface area contributed by atoms with Crippen LogP contribution in [0.1, 0.15) is 0 Å². The molecule has 1 unspecified atom stereocenters. The van der Waals surface area contributed by atoms with E-state index in [1.165, 1.54) is 9.80 Å². The summed E-state index contributed by atoms with van der Waals surface area (Å²) in [5.74, 6) is -0.146. The zero-order valence-electron chi connectivity index (χ0n) is 7.81. The van der Waals surface area contributed by atoms with Crippen molar-refractivity contribution in [2.24, 2.45) is 0 Å². The largest absolute Gasteiger partial charge is 0.371 e. The fraction of sp³-hybridized carbons (Fsp3) is 0.556. The van der Waals surface area contributed by atoms with Crippen LogP contribution in [0, 0.1) is 0 Å². The van der Waals surface area contributed by atoms with Gasteiger partial charge in [-0.2, -0.15) is 0 Å². The van der Waals surface area contributed by atoms with Gasteiger partial charge >= 0.3 is 6.03 Å². The first-order chi connectivity index (χ1) is 6.72. The number of carbonyl (C=O) groups excluding carboxylic acids is 2. The summed E-state index contributed by atoms with van der Waals surface area (Å²) in [6, 6.07) is -0.231. The zero-order chi connectivity index (χ0) is 10.1. The van der Waals surface area contributed by atoms with Crippen LogP contribution in [0.3, 0.4) is 0 Å². The van der Waals surface area contributed by atoms with Gasteiger partial charge in [0.15, 0.2) is 0 Å². The van der Waals surface area contributed by atoms with Gasteiger partial charge in [0.2, 0.25) is 5.91 Å². The van der Waals surface area contributed by atoms with E-state index in [0.29, 0.717) is 19.7 Å². The van der Waals surface area contributed by atoms with Crippen molar-refractivity contribution in [3.8, 4) is 0 Å². The number of ether oxygens (including phenoxy) is 1. The number of hydrogen-bond acceptors (Lipinski definition) is 3. The normalized spacial score (nSPS) is 25.9. The van der Waals surface area contributed by atoms with Crippen LogP contribution < -0.4 is 0 Å². The standard InChI is InChI=1S/C9H12N2O3/c1-2-3-10-5-8(12)11(9(10)13)4-7-6-14-7/h2,7H,1,3-6H2. The molecule has 5 heteroatoms. The SMILES string of the molecule is C=CCN1CC(=O)N(CC2CO2)C1=O. The molecule has 0 radical (unpaired) electrons. The minimum absolute atomic E-state index is 0.0616. The molecule has 0 aliphatic carbocycles. The van der Waals surface area contributed by atoms with Crippen molar-refractivity contribution < 1.29 is 14.3 Å². The van der Waals surface area contributed by atoms with Gasteiger partial charge in [0.1, 0.15) is 6.54 Å². The van der Waals surface area contributed by atoms with Crippen molar-refractivity contribution in [2.75, 3.05) is 26.2 Å². The maximum Gasteiger partial charge on any atom is 0.327 e. The predicted molar refractivity (Wildman–Crippen MR) is 48.6 cm³/mol. The van der Waals surface area contributed by atoms with E-state index in [9.17, 15) is 9.59 Å². The third-order valence-electron chi connectivity index (χ3n) is 2.27. The summed E-state index contributed by atoms with van der Waals surface area (Å²) < 4.78 is 4.98. The lowest BCUT2D eigenvalue weighted by atomic mass is 10.4. The highest BCUT2D eigenvalue weighted by molar-refractivity contribution is 6.02. The molecule has 0 bridgehead atoms. The number of carbonyl (C=O) groups is 2. The van der Waals surface area contributed by atoms with Gasteiger partial charge in [-0.15, -0.1) is 6.58 Å². The van der Waals surface area contributed by atoms with Gasteiger partial charge in [-0.1, -0.05) is 6.08 Å². The number of nitrogens with zero attached hydrogens (tertiary/aromatic N) is 2. The fourth-order valence-corrected chi connectivity index (χ4v) is 1.45. The Balaban J connectivity index is 1.98. The van der Waals surface area contributed by atoms with E-state index >= 15 is 0 Å². The van der Waals surface area contributed by atoms with Crippen molar-refractivity contribution >= 4 is 11.9 Å². The Kier molecular flexibility index (Phi) is 2.25. The summed E-state index contributed by atoms with van der Waals surface area (Å²) in [6.45, 7) is 5.17. The van der Waals surface area contributed by atoms with Gasteiger partial charge in [-0.3, -0.25) is 9.69 Å². The van der Waals surface area contributed by atoms with E-state index in [2.05, 4.69) is 6.58 Å². The van der Waals surface area contributed by atoms with Crippen LogP contribution in [0.25, 0.3) is 0 Å². The van der Waals surface area contributed by atoms with E-state index in [1.54, 1.807) is 6.08 Å². The highest BCUT2D eigenvalue weighted by Gasteiger charge is 2.39. The van der Waals surface area contributed by atoms with Gasteiger partial charge in [0.25, 0.3) is 0 Å². The molecule has 2 saturated heterocycles. The summed E-state index contributed by atoms with van der Waals surface area (Å²) in [5, 5.41) is 0. The Morgan fingerprint density at radius 1 is 1.57 bits per heavy atom. The van der Waals surface area contributed by atoms with Gasteiger partial charge in [-0.25, -0.2) is 4.79 Å². The van der Waals surface area contributed by atoms with Gasteiger partial charge in [-0.05, 0) is 0 Å². The second-order valence-electron chi connectivity index (χ2n) is 3.41. The van der Waals surface area contributed by atoms with Crippen molar-refractivity contribution in [1.82, 2.24) is 9.80 Å². The maximum absolute atomic E-state index is 11.6. The van der Waals surface area contributed by atoms with Crippen LogP contribution in [0.2, 0.25) is 0 Å². The Morgan fingerprint density at radius 3 is 2.86 bits per heavy atom. The Labute approximate surface area is 81.9 Å². The first-order valence-electron chi connectivity index (χ1n) is 4.54. The lowest BCUT2D eigenvalue weighted by molar-refractivity contribution is -0.125. The number of rotatable bonds is 4. The predicted octanol–water partition coefficient (Wildman–Crippen LogP) is -0.165. The molecule has 2 fully saturated rings. The lowest BCUT2D eigenvalue weighted by Crippen LogP contribution is -2.35. The third kappa shape index (κ3) is 1.63. The minimum Gasteiger partial charge on any atom is -0.371 e. The molecule has 2 rings (SSSR count). The molecule has 76 valence electrons. The molecule has 5 nitrogen and oxygen atoms in total. The molecule has 2 aliphatic rings. The first-order valence-corrected chi connectivity index (χ1v) is 4.54. The molecule has 2 heterocycles. The second kappa shape index (κ2) is 3.42. The van der Waals surface area contributed by atoms with E-state index in [-0.39, 0.29) is 24.6 Å². The molecule has 0 aromatic rings. The van der Waals surface area contributed by atoms with E-state index < -0.39 is 0 Å². The van der Waals surface area contributed by atoms with Crippen molar-refractivity contribution in [2.45, 2.75) is 6.10 Å². The monoisotopic (exact) mass is 196 g/mol. The van der Waals surface area contributed by atoms with Gasteiger partial charge < -0.3 is 9.64 Å². The van der Waals surface area contributed by atoms with Crippen molar-refractivity contribution in [3.05, 3.63) is 12.7 Å². The van der Waals surface area contributed by atoms with Crippen molar-refractivity contribution in [1.29, 1.82) is 0 Å². The number of urea groups is 1. The maximum atomic E-state index is 11.6. The highest BCUT2D eigenvalue weighted by Crippen LogP contribution is 2.16. The topological polar surface area (TPSA) is 53.2 Å². The van der Waals surface area contributed by atoms with Crippen LogP contribution in [-0.2, 0) is 9.53 Å². The molecule has 14 heavy (non-hydrogen) atoms. The molecule has 0 saturated carbocycles. The molecule has 0 spiro atoms. The lowest BCUT2D eigenvalue weighted by Gasteiger charge is -2.14. The highest BCUT2D eigenvalue weighted by atomic mass is 16.6. The third-order valence-corrected chi connectivity index (χ3v) is 2.27. The average Bonchev–Trinajstić information content (AvgIpc) is 2.91. The van der Waals surface area contributed by atoms with Crippen LogP contribution in [0.5, 0.6) is 0 Å². The van der Waals surface area contributed by atoms with Crippen LogP contribution in [0.15, 0.2) is 12.7 Å². The van der Waals surface area contributed by atoms with Crippen LogP contribution >= 0.6 is 0 Å². The van der Waals surface area contributed by atoms with Crippen LogP contribution in [-0.4, -0.2) is 54.1 Å². The molecule has 0 aromatic carbocycles. The second-order valence-corrected chi connectivity index (χ2v) is 3.41. The Hall–Kier alpha value is -1.36. The smallest absolute Gasteiger partial charge is 0.327 e. The van der Waals surface area contributed by atoms with Gasteiger partial charge in [0, 0.05) is 6.54 Å². The number of hydrogen-bond donors (Lipinski definition) is 0. The summed E-state index contributed by atoms with van der Waals surface area (Å²) in [4.78, 5) is 25.7. The summed E-state index contributed by atoms with van der Waals surface area (Å²) in [6.07, 6.45) is 1.68. The van der Waals surface area contributed by atoms with E-state index in [0.717, 1.165) is 0 Å². The van der Waals surface area contributed by atoms with E-state index in [4.69, 9.17) is 4.74 Å². The quantitative estimate of drug-likeness (QED) is 0.356. The molecule has 2 aliphatic heterocycles. The Morgan fingerprint density at radius 2 is 2.29 bits per heavy atom. The summed E-state index contributed by atoms with van der Waals surface area (Å²) >= 11 is 0. The molecular weight excluding hydrogens is 184 g/mol. The molecular formula is C9H12N2O3. The zero-order valence-corrected chi connectivity index (χ0v) is 7.81. The summed E-state index contributed by atoms with van der Waals surface area (Å²) in [5.41, 5.74) is 0. The number of imide groups is 1. The van der Waals surface area contributed by atoms with E-state index in [1.807, 2.05) is 0 Å². The molecule has 1 atom stereocenters. The first kappa shape index (κ1) is 9.21. The molecule has 3 amide bonds. The Bertz CT molecular complexity index is 286. The number of amides is 3. The van der Waals surface area contributed by atoms with Crippen LogP contribution in [0.4, 0.5) is 4.79 Å². The summed E-state index contributed by atoms with van der Waals surface area (Å²) in [7, 11) is 0. The van der Waals surface area contributed by atoms with Crippen molar-refractivity contribution in [3.63, 3.8) is 0 Å². The fourth-order valence-electron chi connectivity index (χ4n) is 1.45. The molecule has 0 N–H and O–H groups in total. The number of epoxide rings is 1. The minimum atomic E-state index is -0.231.